The van der Waals surface area contributed by atoms with Gasteiger partial charge >= 0.3 is 6.18 Å². The van der Waals surface area contributed by atoms with Crippen LogP contribution in [0.4, 0.5) is 24.7 Å². The zero-order valence-electron chi connectivity index (χ0n) is 24.5. The summed E-state index contributed by atoms with van der Waals surface area (Å²) in [6.07, 6.45) is -1.52. The number of halogens is 3. The first-order valence-electron chi connectivity index (χ1n) is 14.9. The molecule has 3 fully saturated rings. The molecule has 4 aliphatic rings. The van der Waals surface area contributed by atoms with Crippen molar-refractivity contribution in [2.45, 2.75) is 69.8 Å². The normalized spacial score (nSPS) is 25.0. The van der Waals surface area contributed by atoms with Gasteiger partial charge in [-0.15, -0.1) is 0 Å². The summed E-state index contributed by atoms with van der Waals surface area (Å²) in [6.45, 7) is 6.19. The number of anilines is 2. The topological polar surface area (TPSA) is 128 Å². The molecule has 43 heavy (non-hydrogen) atoms. The van der Waals surface area contributed by atoms with Crippen molar-refractivity contribution in [3.05, 3.63) is 46.4 Å². The molecule has 4 heterocycles. The molecule has 232 valence electrons. The number of benzene rings is 1. The van der Waals surface area contributed by atoms with Crippen LogP contribution in [0.15, 0.2) is 18.2 Å². The molecule has 10 nitrogen and oxygen atoms in total. The number of carbonyl (C=O) groups excluding carboxylic acids is 2. The lowest BCUT2D eigenvalue weighted by atomic mass is 9.76. The molecule has 1 spiro atoms. The number of fused-ring (bicyclic) bond motifs is 2. The maximum atomic E-state index is 14.4. The van der Waals surface area contributed by atoms with Crippen molar-refractivity contribution in [1.29, 1.82) is 0 Å². The third kappa shape index (κ3) is 5.52. The number of β-amino-alcohol motifs (C(OH)–C–C–N with tert-alkyl or cyclic N) is 1. The standard InChI is InChI=1S/C30H38F3N7O3/c1-17(20-11-21(30(31,32)33)13-22(34)12-20)35-26-24-15-40(23-5-7-39(14-23)27(42)19-3-4-19)28(43)29(25(24)36-18(2)37-26)6-8-38(16-29)9-10-41/h11-13,17,19,23,41H,3-10,14-16,34H2,1-2H3,(H,35,36,37)/t17-,23-,29?/m1/s1. The van der Waals surface area contributed by atoms with E-state index < -0.39 is 23.2 Å². The summed E-state index contributed by atoms with van der Waals surface area (Å²) in [5.41, 5.74) is 5.80. The summed E-state index contributed by atoms with van der Waals surface area (Å²) in [5, 5.41) is 12.9. The number of rotatable bonds is 7. The number of nitrogens with one attached hydrogen (secondary N) is 1. The first-order valence-corrected chi connectivity index (χ1v) is 14.9. The fourth-order valence-electron chi connectivity index (χ4n) is 6.93. The Balaban J connectivity index is 1.36. The number of amides is 2. The highest BCUT2D eigenvalue weighted by atomic mass is 19.4. The largest absolute Gasteiger partial charge is 0.416 e. The average molecular weight is 602 g/mol. The Labute approximate surface area is 248 Å². The van der Waals surface area contributed by atoms with Gasteiger partial charge < -0.3 is 26.0 Å². The number of likely N-dealkylation sites (tertiary alicyclic amines) is 2. The molecule has 2 aromatic rings. The molecule has 2 amide bonds. The second-order valence-electron chi connectivity index (χ2n) is 12.5. The zero-order valence-corrected chi connectivity index (χ0v) is 24.5. The lowest BCUT2D eigenvalue weighted by molar-refractivity contribution is -0.142. The van der Waals surface area contributed by atoms with Gasteiger partial charge in [0.05, 0.1) is 36.5 Å². The van der Waals surface area contributed by atoms with Gasteiger partial charge in [0.2, 0.25) is 11.8 Å². The Morgan fingerprint density at radius 3 is 2.67 bits per heavy atom. The predicted molar refractivity (Wildman–Crippen MR) is 153 cm³/mol. The Kier molecular flexibility index (Phi) is 7.52. The van der Waals surface area contributed by atoms with Crippen molar-refractivity contribution in [3.8, 4) is 0 Å². The molecule has 0 bridgehead atoms. The number of hydrogen-bond acceptors (Lipinski definition) is 8. The Bertz CT molecular complexity index is 1430. The Morgan fingerprint density at radius 2 is 1.98 bits per heavy atom. The number of aliphatic hydroxyl groups excluding tert-OH is 1. The molecule has 3 atom stereocenters. The molecule has 4 N–H and O–H groups in total. The smallest absolute Gasteiger partial charge is 0.399 e. The highest BCUT2D eigenvalue weighted by Crippen LogP contribution is 2.45. The third-order valence-electron chi connectivity index (χ3n) is 9.34. The van der Waals surface area contributed by atoms with Crippen LogP contribution in [0.5, 0.6) is 0 Å². The summed E-state index contributed by atoms with van der Waals surface area (Å²) in [6, 6.07) is 2.76. The Morgan fingerprint density at radius 1 is 1.21 bits per heavy atom. The van der Waals surface area contributed by atoms with E-state index in [1.165, 1.54) is 6.07 Å². The minimum Gasteiger partial charge on any atom is -0.399 e. The minimum absolute atomic E-state index is 0.0107. The molecule has 2 saturated heterocycles. The van der Waals surface area contributed by atoms with Crippen LogP contribution in [0.25, 0.3) is 0 Å². The second-order valence-corrected chi connectivity index (χ2v) is 12.5. The van der Waals surface area contributed by atoms with Gasteiger partial charge in [-0.1, -0.05) is 0 Å². The van der Waals surface area contributed by atoms with Crippen LogP contribution in [0.2, 0.25) is 0 Å². The lowest BCUT2D eigenvalue weighted by Gasteiger charge is -2.43. The fraction of sp³-hybridized carbons (Fsp3) is 0.600. The van der Waals surface area contributed by atoms with E-state index in [0.29, 0.717) is 68.5 Å². The van der Waals surface area contributed by atoms with E-state index in [1.54, 1.807) is 13.8 Å². The van der Waals surface area contributed by atoms with Crippen molar-refractivity contribution in [3.63, 3.8) is 0 Å². The molecule has 1 aromatic heterocycles. The zero-order chi connectivity index (χ0) is 30.7. The van der Waals surface area contributed by atoms with Crippen molar-refractivity contribution in [1.82, 2.24) is 24.7 Å². The molecular weight excluding hydrogens is 563 g/mol. The molecule has 1 unspecified atom stereocenters. The van der Waals surface area contributed by atoms with Crippen LogP contribution < -0.4 is 11.1 Å². The van der Waals surface area contributed by atoms with Gasteiger partial charge in [-0.25, -0.2) is 9.97 Å². The van der Waals surface area contributed by atoms with Gasteiger partial charge in [-0.2, -0.15) is 13.2 Å². The SMILES string of the molecule is Cc1nc(N[C@H](C)c2cc(N)cc(C(F)(F)F)c2)c2c(n1)C1(CCN(CCO)C1)C(=O)N([C@@H]1CCN(C(=O)C3CC3)C1)C2. The summed E-state index contributed by atoms with van der Waals surface area (Å²) >= 11 is 0. The van der Waals surface area contributed by atoms with Gasteiger partial charge in [0.1, 0.15) is 17.1 Å². The highest BCUT2D eigenvalue weighted by Gasteiger charge is 2.55. The number of aryl methyl sites for hydroxylation is 1. The summed E-state index contributed by atoms with van der Waals surface area (Å²) < 4.78 is 40.6. The highest BCUT2D eigenvalue weighted by molar-refractivity contribution is 5.92. The van der Waals surface area contributed by atoms with Crippen LogP contribution in [0.1, 0.15) is 66.9 Å². The predicted octanol–water partition coefficient (Wildman–Crippen LogP) is 2.85. The molecular formula is C30H38F3N7O3. The van der Waals surface area contributed by atoms with E-state index in [4.69, 9.17) is 10.7 Å². The van der Waals surface area contributed by atoms with Gasteiger partial charge in [0, 0.05) is 43.3 Å². The molecule has 3 aliphatic heterocycles. The Hall–Kier alpha value is -3.45. The van der Waals surface area contributed by atoms with Crippen LogP contribution in [-0.4, -0.2) is 87.0 Å². The molecule has 1 aromatic carbocycles. The van der Waals surface area contributed by atoms with Gasteiger partial charge in [0.15, 0.2) is 0 Å². The minimum atomic E-state index is -4.54. The molecule has 6 rings (SSSR count). The van der Waals surface area contributed by atoms with Crippen molar-refractivity contribution in [2.75, 3.05) is 50.4 Å². The maximum Gasteiger partial charge on any atom is 0.416 e. The van der Waals surface area contributed by atoms with E-state index in [1.807, 2.05) is 9.80 Å². The maximum absolute atomic E-state index is 14.4. The van der Waals surface area contributed by atoms with Gasteiger partial charge in [0.25, 0.3) is 0 Å². The third-order valence-corrected chi connectivity index (χ3v) is 9.34. The van der Waals surface area contributed by atoms with Gasteiger partial charge in [-0.3, -0.25) is 14.5 Å². The molecule has 1 saturated carbocycles. The fourth-order valence-corrected chi connectivity index (χ4v) is 6.93. The lowest BCUT2D eigenvalue weighted by Crippen LogP contribution is -2.57. The molecule has 1 aliphatic carbocycles. The van der Waals surface area contributed by atoms with Crippen molar-refractivity contribution in [2.24, 2.45) is 5.92 Å². The van der Waals surface area contributed by atoms with Crippen molar-refractivity contribution < 1.29 is 27.9 Å². The number of nitrogens with two attached hydrogens (primary N) is 1. The monoisotopic (exact) mass is 601 g/mol. The van der Waals surface area contributed by atoms with E-state index in [9.17, 15) is 27.9 Å². The number of alkyl halides is 3. The summed E-state index contributed by atoms with van der Waals surface area (Å²) in [4.78, 5) is 42.5. The van der Waals surface area contributed by atoms with E-state index in [-0.39, 0.29) is 42.6 Å². The van der Waals surface area contributed by atoms with Crippen LogP contribution in [-0.2, 0) is 27.7 Å². The van der Waals surface area contributed by atoms with Crippen molar-refractivity contribution >= 4 is 23.3 Å². The van der Waals surface area contributed by atoms with Crippen LogP contribution in [0.3, 0.4) is 0 Å². The van der Waals surface area contributed by atoms with E-state index >= 15 is 0 Å². The summed E-state index contributed by atoms with van der Waals surface area (Å²) in [5.74, 6) is 1.14. The van der Waals surface area contributed by atoms with Gasteiger partial charge in [-0.05, 0) is 69.8 Å². The number of aliphatic hydroxyl groups is 1. The molecule has 13 heteroatoms. The van der Waals surface area contributed by atoms with Crippen LogP contribution >= 0.6 is 0 Å². The average Bonchev–Trinajstić information content (AvgIpc) is 3.53. The quantitative estimate of drug-likeness (QED) is 0.414. The summed E-state index contributed by atoms with van der Waals surface area (Å²) in [7, 11) is 0. The number of aromatic nitrogens is 2. The van der Waals surface area contributed by atoms with Crippen LogP contribution in [0, 0.1) is 12.8 Å². The second kappa shape index (κ2) is 10.9. The number of hydrogen-bond donors (Lipinski definition) is 3. The number of nitrogens with zero attached hydrogens (tertiary/aromatic N) is 5. The van der Waals surface area contributed by atoms with E-state index in [0.717, 1.165) is 30.5 Å². The number of nitrogen functional groups attached to an aromatic ring is 1. The number of carbonyl (C=O) groups is 2. The van der Waals surface area contributed by atoms with E-state index in [2.05, 4.69) is 15.2 Å². The molecule has 0 radical (unpaired) electrons. The first kappa shape index (κ1) is 29.6. The first-order chi connectivity index (χ1) is 20.4.